The Bertz CT molecular complexity index is 369. The molecule has 0 N–H and O–H groups in total. The second kappa shape index (κ2) is 8.32. The molecule has 0 nitrogen and oxygen atoms in total. The van der Waals surface area contributed by atoms with Gasteiger partial charge in [0.05, 0.1) is 0 Å². The van der Waals surface area contributed by atoms with Gasteiger partial charge in [-0.3, -0.25) is 0 Å². The number of benzene rings is 2. The molecule has 2 aromatic rings. The molecule has 0 saturated heterocycles. The van der Waals surface area contributed by atoms with Crippen molar-refractivity contribution in [1.29, 1.82) is 0 Å². The molecule has 1 heteroatoms. The molecule has 0 heterocycles. The first-order chi connectivity index (χ1) is 7.58. The molecule has 0 atom stereocenters. The van der Waals surface area contributed by atoms with Crippen LogP contribution in [0.4, 0.5) is 0 Å². The standard InChI is InChI=1S/2C8H9.Mg/c2*1-7-4-3-5-8(2)6-7;/h2*3-5H,1-2H3;/q2*-1;+2. The zero-order valence-corrected chi connectivity index (χ0v) is 12.6. The van der Waals surface area contributed by atoms with E-state index < -0.39 is 0 Å². The molecule has 0 radical (unpaired) electrons. The van der Waals surface area contributed by atoms with Gasteiger partial charge in [0.15, 0.2) is 0 Å². The normalized spacial score (nSPS) is 8.71. The van der Waals surface area contributed by atoms with E-state index in [0.717, 1.165) is 0 Å². The third kappa shape index (κ3) is 7.19. The van der Waals surface area contributed by atoms with Gasteiger partial charge in [0.1, 0.15) is 0 Å². The molecule has 0 aliphatic rings. The van der Waals surface area contributed by atoms with Crippen LogP contribution in [0, 0.1) is 39.8 Å². The van der Waals surface area contributed by atoms with Crippen LogP contribution in [0.15, 0.2) is 36.4 Å². The Morgan fingerprint density at radius 2 is 0.824 bits per heavy atom. The van der Waals surface area contributed by atoms with Crippen LogP contribution in [0.3, 0.4) is 0 Å². The van der Waals surface area contributed by atoms with Gasteiger partial charge in [0, 0.05) is 0 Å². The molecule has 0 aliphatic carbocycles. The van der Waals surface area contributed by atoms with Crippen molar-refractivity contribution in [1.82, 2.24) is 0 Å². The quantitative estimate of drug-likeness (QED) is 0.480. The third-order valence-corrected chi connectivity index (χ3v) is 2.17. The Kier molecular flexibility index (Phi) is 7.93. The van der Waals surface area contributed by atoms with Crippen molar-refractivity contribution in [3.63, 3.8) is 0 Å². The van der Waals surface area contributed by atoms with Gasteiger partial charge >= 0.3 is 23.1 Å². The average Bonchev–Trinajstić information content (AvgIpc) is 2.17. The topological polar surface area (TPSA) is 0 Å². The van der Waals surface area contributed by atoms with Crippen molar-refractivity contribution in [3.8, 4) is 0 Å². The molecular weight excluding hydrogens is 216 g/mol. The van der Waals surface area contributed by atoms with E-state index in [-0.39, 0.29) is 23.1 Å². The van der Waals surface area contributed by atoms with E-state index in [1.165, 1.54) is 22.3 Å². The second-order valence-electron chi connectivity index (χ2n) is 4.03. The number of hydrogen-bond donors (Lipinski definition) is 0. The van der Waals surface area contributed by atoms with Crippen molar-refractivity contribution in [2.24, 2.45) is 0 Å². The van der Waals surface area contributed by atoms with Crippen LogP contribution in [0.5, 0.6) is 0 Å². The Morgan fingerprint density at radius 1 is 0.588 bits per heavy atom. The monoisotopic (exact) mass is 234 g/mol. The van der Waals surface area contributed by atoms with Crippen LogP contribution < -0.4 is 0 Å². The van der Waals surface area contributed by atoms with Crippen LogP contribution >= 0.6 is 0 Å². The summed E-state index contributed by atoms with van der Waals surface area (Å²) in [5.74, 6) is 0. The molecule has 84 valence electrons. The number of rotatable bonds is 0. The van der Waals surface area contributed by atoms with Gasteiger partial charge in [0.2, 0.25) is 0 Å². The van der Waals surface area contributed by atoms with Gasteiger partial charge in [-0.2, -0.15) is 70.8 Å². The maximum atomic E-state index is 3.17. The Morgan fingerprint density at radius 3 is 0.941 bits per heavy atom. The summed E-state index contributed by atoms with van der Waals surface area (Å²) >= 11 is 0. The molecule has 0 spiro atoms. The minimum atomic E-state index is 0. The van der Waals surface area contributed by atoms with Crippen molar-refractivity contribution in [3.05, 3.63) is 70.8 Å². The second-order valence-corrected chi connectivity index (χ2v) is 4.03. The molecule has 2 aromatic carbocycles. The molecule has 0 amide bonds. The first-order valence-corrected chi connectivity index (χ1v) is 5.49. The number of hydrogen-bond acceptors (Lipinski definition) is 0. The maximum Gasteiger partial charge on any atom is 2.00 e. The minimum Gasteiger partial charge on any atom is -0.177 e. The van der Waals surface area contributed by atoms with Crippen LogP contribution in [-0.2, 0) is 0 Å². The van der Waals surface area contributed by atoms with Gasteiger partial charge in [0.25, 0.3) is 0 Å². The molecular formula is C16H18Mg. The molecule has 0 unspecified atom stereocenters. The first kappa shape index (κ1) is 16.2. The fourth-order valence-corrected chi connectivity index (χ4v) is 1.46. The van der Waals surface area contributed by atoms with Gasteiger partial charge in [-0.1, -0.05) is 27.7 Å². The minimum absolute atomic E-state index is 0. The van der Waals surface area contributed by atoms with Gasteiger partial charge in [-0.05, 0) is 0 Å². The van der Waals surface area contributed by atoms with Crippen LogP contribution in [0.1, 0.15) is 22.3 Å². The zero-order valence-electron chi connectivity index (χ0n) is 11.2. The smallest absolute Gasteiger partial charge is 0.177 e. The van der Waals surface area contributed by atoms with E-state index in [1.54, 1.807) is 0 Å². The summed E-state index contributed by atoms with van der Waals surface area (Å²) < 4.78 is 0. The Labute approximate surface area is 121 Å². The average molecular weight is 235 g/mol. The summed E-state index contributed by atoms with van der Waals surface area (Å²) in [6, 6.07) is 18.6. The first-order valence-electron chi connectivity index (χ1n) is 5.49. The van der Waals surface area contributed by atoms with Crippen molar-refractivity contribution in [2.45, 2.75) is 27.7 Å². The predicted molar refractivity (Wildman–Crippen MR) is 75.3 cm³/mol. The summed E-state index contributed by atoms with van der Waals surface area (Å²) in [4.78, 5) is 0. The van der Waals surface area contributed by atoms with Crippen LogP contribution in [0.2, 0.25) is 0 Å². The summed E-state index contributed by atoms with van der Waals surface area (Å²) in [5, 5.41) is 0. The largest absolute Gasteiger partial charge is 2.00 e. The molecule has 0 aromatic heterocycles. The third-order valence-electron chi connectivity index (χ3n) is 2.17. The maximum absolute atomic E-state index is 3.17. The van der Waals surface area contributed by atoms with E-state index in [9.17, 15) is 0 Å². The van der Waals surface area contributed by atoms with Crippen LogP contribution in [0.25, 0.3) is 0 Å². The van der Waals surface area contributed by atoms with Crippen molar-refractivity contribution < 1.29 is 0 Å². The van der Waals surface area contributed by atoms with Crippen LogP contribution in [-0.4, -0.2) is 23.1 Å². The fourth-order valence-electron chi connectivity index (χ4n) is 1.46. The summed E-state index contributed by atoms with van der Waals surface area (Å²) in [5.41, 5.74) is 4.85. The molecule has 0 saturated carbocycles. The van der Waals surface area contributed by atoms with Gasteiger partial charge in [-0.25, -0.2) is 0 Å². The molecule has 0 fully saturated rings. The predicted octanol–water partition coefficient (Wildman–Crippen LogP) is 3.83. The van der Waals surface area contributed by atoms with Crippen molar-refractivity contribution in [2.75, 3.05) is 0 Å². The number of aryl methyl sites for hydroxylation is 4. The van der Waals surface area contributed by atoms with E-state index >= 15 is 0 Å². The fraction of sp³-hybridized carbons (Fsp3) is 0.250. The van der Waals surface area contributed by atoms with E-state index in [2.05, 4.69) is 12.1 Å². The van der Waals surface area contributed by atoms with E-state index in [1.807, 2.05) is 64.1 Å². The van der Waals surface area contributed by atoms with Crippen molar-refractivity contribution >= 4 is 23.1 Å². The summed E-state index contributed by atoms with van der Waals surface area (Å²) in [6.07, 6.45) is 0. The Hall–Kier alpha value is -0.794. The summed E-state index contributed by atoms with van der Waals surface area (Å²) in [7, 11) is 0. The summed E-state index contributed by atoms with van der Waals surface area (Å²) in [6.45, 7) is 8.19. The Balaban J connectivity index is 0.000000284. The SMILES string of the molecule is Cc1[c-]c(C)ccc1.Cc1[c-]c(C)ccc1.[Mg+2]. The molecule has 2 rings (SSSR count). The molecule has 17 heavy (non-hydrogen) atoms. The van der Waals surface area contributed by atoms with E-state index in [4.69, 9.17) is 0 Å². The molecule has 0 bridgehead atoms. The molecule has 0 aliphatic heterocycles. The van der Waals surface area contributed by atoms with Gasteiger partial charge < -0.3 is 0 Å². The zero-order chi connectivity index (χ0) is 12.0. The van der Waals surface area contributed by atoms with Gasteiger partial charge in [-0.15, -0.1) is 0 Å². The van der Waals surface area contributed by atoms with E-state index in [0.29, 0.717) is 0 Å².